The average Bonchev–Trinajstić information content (AvgIpc) is 3.19. The molecule has 0 bridgehead atoms. The Morgan fingerprint density at radius 3 is 2.11 bits per heavy atom. The van der Waals surface area contributed by atoms with Gasteiger partial charge in [-0.25, -0.2) is 0 Å². The number of rotatable bonds is 9. The monoisotopic (exact) mass is 505 g/mol. The zero-order valence-electron chi connectivity index (χ0n) is 16.2. The number of nitrogens with zero attached hydrogens (tertiary/aromatic N) is 1. The summed E-state index contributed by atoms with van der Waals surface area (Å²) >= 11 is 1.77. The third kappa shape index (κ3) is 7.10. The fraction of sp³-hybridized carbons (Fsp3) is 0.421. The van der Waals surface area contributed by atoms with Crippen LogP contribution in [0.2, 0.25) is 0 Å². The molecular formula is C19H28IN3O3S. The maximum absolute atomic E-state index is 5.49. The quantitative estimate of drug-likeness (QED) is 0.311. The summed E-state index contributed by atoms with van der Waals surface area (Å²) in [5, 5.41) is 8.76. The van der Waals surface area contributed by atoms with Crippen molar-refractivity contribution in [2.24, 2.45) is 4.99 Å². The van der Waals surface area contributed by atoms with Crippen LogP contribution in [-0.4, -0.2) is 47.4 Å². The highest BCUT2D eigenvalue weighted by Gasteiger charge is 2.13. The average molecular weight is 505 g/mol. The highest BCUT2D eigenvalue weighted by atomic mass is 127. The van der Waals surface area contributed by atoms with Crippen molar-refractivity contribution in [2.75, 3.05) is 41.5 Å². The van der Waals surface area contributed by atoms with Gasteiger partial charge in [0.05, 0.1) is 21.3 Å². The molecule has 0 aliphatic carbocycles. The van der Waals surface area contributed by atoms with Gasteiger partial charge in [-0.05, 0) is 24.3 Å². The predicted molar refractivity (Wildman–Crippen MR) is 123 cm³/mol. The summed E-state index contributed by atoms with van der Waals surface area (Å²) in [6.45, 7) is 1.55. The number of guanidine groups is 1. The molecule has 27 heavy (non-hydrogen) atoms. The molecule has 0 saturated heterocycles. The van der Waals surface area contributed by atoms with E-state index in [2.05, 4.69) is 33.1 Å². The van der Waals surface area contributed by atoms with Gasteiger partial charge in [0.15, 0.2) is 5.96 Å². The highest BCUT2D eigenvalue weighted by Crippen LogP contribution is 2.34. The molecule has 2 rings (SSSR count). The summed E-state index contributed by atoms with van der Waals surface area (Å²) in [5.74, 6) is 3.00. The first-order chi connectivity index (χ1) is 12.7. The van der Waals surface area contributed by atoms with Crippen molar-refractivity contribution in [3.8, 4) is 17.2 Å². The van der Waals surface area contributed by atoms with E-state index in [0.29, 0.717) is 12.3 Å². The molecule has 0 saturated carbocycles. The number of hydrogen-bond donors (Lipinski definition) is 2. The zero-order valence-corrected chi connectivity index (χ0v) is 19.4. The van der Waals surface area contributed by atoms with Crippen LogP contribution in [0, 0.1) is 0 Å². The Morgan fingerprint density at radius 2 is 1.63 bits per heavy atom. The molecule has 0 amide bonds. The van der Waals surface area contributed by atoms with E-state index >= 15 is 0 Å². The van der Waals surface area contributed by atoms with Gasteiger partial charge >= 0.3 is 0 Å². The number of thiophene rings is 1. The molecule has 1 aromatic carbocycles. The van der Waals surface area contributed by atoms with Crippen molar-refractivity contribution in [3.63, 3.8) is 0 Å². The topological polar surface area (TPSA) is 64.1 Å². The van der Waals surface area contributed by atoms with Crippen molar-refractivity contribution in [1.29, 1.82) is 0 Å². The lowest BCUT2D eigenvalue weighted by Crippen LogP contribution is -2.39. The molecular weight excluding hydrogens is 477 g/mol. The second-order valence-corrected chi connectivity index (χ2v) is 6.55. The van der Waals surface area contributed by atoms with Gasteiger partial charge in [-0.2, -0.15) is 0 Å². The Bertz CT molecular complexity index is 683. The highest BCUT2D eigenvalue weighted by molar-refractivity contribution is 14.0. The minimum absolute atomic E-state index is 0. The molecule has 0 atom stereocenters. The Balaban J connectivity index is 0.00000364. The molecule has 0 fully saturated rings. The SMILES string of the molecule is CN=C(NCCc1cccs1)NCCc1c(OC)cc(OC)cc1OC.I. The molecule has 0 aliphatic heterocycles. The van der Waals surface area contributed by atoms with Gasteiger partial charge in [0, 0.05) is 42.7 Å². The normalized spacial score (nSPS) is 10.7. The molecule has 1 heterocycles. The van der Waals surface area contributed by atoms with Crippen molar-refractivity contribution in [1.82, 2.24) is 10.6 Å². The summed E-state index contributed by atoms with van der Waals surface area (Å²) in [4.78, 5) is 5.63. The van der Waals surface area contributed by atoms with Gasteiger partial charge < -0.3 is 24.8 Å². The number of halogens is 1. The van der Waals surface area contributed by atoms with Crippen molar-refractivity contribution in [2.45, 2.75) is 12.8 Å². The lowest BCUT2D eigenvalue weighted by Gasteiger charge is -2.16. The lowest BCUT2D eigenvalue weighted by molar-refractivity contribution is 0.368. The molecule has 2 N–H and O–H groups in total. The van der Waals surface area contributed by atoms with Crippen molar-refractivity contribution in [3.05, 3.63) is 40.1 Å². The number of methoxy groups -OCH3 is 3. The van der Waals surface area contributed by atoms with Crippen LogP contribution >= 0.6 is 35.3 Å². The molecule has 0 unspecified atom stereocenters. The number of benzene rings is 1. The molecule has 0 spiro atoms. The third-order valence-corrected chi connectivity index (χ3v) is 4.89. The molecule has 1 aromatic heterocycles. The molecule has 150 valence electrons. The molecule has 6 nitrogen and oxygen atoms in total. The van der Waals surface area contributed by atoms with Crippen LogP contribution in [0.5, 0.6) is 17.2 Å². The minimum Gasteiger partial charge on any atom is -0.496 e. The Hall–Kier alpha value is -1.68. The number of hydrogen-bond acceptors (Lipinski definition) is 5. The van der Waals surface area contributed by atoms with E-state index in [0.717, 1.165) is 42.4 Å². The van der Waals surface area contributed by atoms with Crippen molar-refractivity contribution >= 4 is 41.3 Å². The summed E-state index contributed by atoms with van der Waals surface area (Å²) in [7, 11) is 6.70. The molecule has 0 aliphatic rings. The van der Waals surface area contributed by atoms with E-state index < -0.39 is 0 Å². The van der Waals surface area contributed by atoms with Crippen LogP contribution in [-0.2, 0) is 12.8 Å². The van der Waals surface area contributed by atoms with Crippen molar-refractivity contribution < 1.29 is 14.2 Å². The van der Waals surface area contributed by atoms with Gasteiger partial charge in [0.2, 0.25) is 0 Å². The summed E-state index contributed by atoms with van der Waals surface area (Å²) < 4.78 is 16.3. The smallest absolute Gasteiger partial charge is 0.190 e. The fourth-order valence-electron chi connectivity index (χ4n) is 2.61. The van der Waals surface area contributed by atoms with Gasteiger partial charge in [-0.3, -0.25) is 4.99 Å². The number of nitrogens with one attached hydrogen (secondary N) is 2. The Kier molecular flexibility index (Phi) is 11.0. The second kappa shape index (κ2) is 12.7. The fourth-order valence-corrected chi connectivity index (χ4v) is 3.32. The minimum atomic E-state index is 0. The summed E-state index contributed by atoms with van der Waals surface area (Å²) in [5.41, 5.74) is 0.998. The van der Waals surface area contributed by atoms with Crippen LogP contribution in [0.3, 0.4) is 0 Å². The largest absolute Gasteiger partial charge is 0.496 e. The molecule has 0 radical (unpaired) electrons. The van der Waals surface area contributed by atoms with Gasteiger partial charge in [0.1, 0.15) is 17.2 Å². The second-order valence-electron chi connectivity index (χ2n) is 5.52. The van der Waals surface area contributed by atoms with E-state index in [1.54, 1.807) is 39.7 Å². The molecule has 8 heteroatoms. The predicted octanol–water partition coefficient (Wildman–Crippen LogP) is 3.34. The number of aliphatic imine (C=N–C) groups is 1. The first-order valence-electron chi connectivity index (χ1n) is 8.47. The van der Waals surface area contributed by atoms with E-state index in [1.165, 1.54) is 4.88 Å². The van der Waals surface area contributed by atoms with Crippen LogP contribution in [0.1, 0.15) is 10.4 Å². The standard InChI is InChI=1S/C19H27N3O3S.HI/c1-20-19(21-9-7-15-6-5-11-26-15)22-10-8-16-17(24-3)12-14(23-2)13-18(16)25-4;/h5-6,11-13H,7-10H2,1-4H3,(H2,20,21,22);1H. The van der Waals surface area contributed by atoms with E-state index in [4.69, 9.17) is 14.2 Å². The van der Waals surface area contributed by atoms with Crippen LogP contribution in [0.25, 0.3) is 0 Å². The van der Waals surface area contributed by atoms with E-state index in [1.807, 2.05) is 12.1 Å². The van der Waals surface area contributed by atoms with Crippen LogP contribution in [0.15, 0.2) is 34.6 Å². The lowest BCUT2D eigenvalue weighted by atomic mass is 10.1. The first-order valence-corrected chi connectivity index (χ1v) is 9.35. The maximum atomic E-state index is 5.49. The Morgan fingerprint density at radius 1 is 1.00 bits per heavy atom. The Labute approximate surface area is 182 Å². The zero-order chi connectivity index (χ0) is 18.8. The molecule has 2 aromatic rings. The van der Waals surface area contributed by atoms with E-state index in [-0.39, 0.29) is 24.0 Å². The summed E-state index contributed by atoms with van der Waals surface area (Å²) in [6.07, 6.45) is 1.72. The van der Waals surface area contributed by atoms with E-state index in [9.17, 15) is 0 Å². The van der Waals surface area contributed by atoms with Gasteiger partial charge in [0.25, 0.3) is 0 Å². The van der Waals surface area contributed by atoms with Crippen LogP contribution in [0.4, 0.5) is 0 Å². The summed E-state index contributed by atoms with van der Waals surface area (Å²) in [6, 6.07) is 7.95. The maximum Gasteiger partial charge on any atom is 0.190 e. The van der Waals surface area contributed by atoms with Gasteiger partial charge in [-0.15, -0.1) is 35.3 Å². The third-order valence-electron chi connectivity index (χ3n) is 3.95. The van der Waals surface area contributed by atoms with Gasteiger partial charge in [-0.1, -0.05) is 6.07 Å². The number of ether oxygens (including phenoxy) is 3. The first kappa shape index (κ1) is 23.4. The van der Waals surface area contributed by atoms with Crippen LogP contribution < -0.4 is 24.8 Å².